The molecule has 0 fully saturated rings. The molecule has 17 heavy (non-hydrogen) atoms. The second-order valence-electron chi connectivity index (χ2n) is 4.53. The fraction of sp³-hybridized carbons (Fsp3) is 0.923. The molecule has 0 aromatic heterocycles. The molecule has 3 nitrogen and oxygen atoms in total. The van der Waals surface area contributed by atoms with Crippen LogP contribution < -0.4 is 10.6 Å². The second-order valence-corrected chi connectivity index (χ2v) is 5.81. The summed E-state index contributed by atoms with van der Waals surface area (Å²) in [5.74, 6) is 0.152. The van der Waals surface area contributed by atoms with E-state index in [-0.39, 0.29) is 16.7 Å². The van der Waals surface area contributed by atoms with E-state index >= 15 is 0 Å². The van der Waals surface area contributed by atoms with Gasteiger partial charge >= 0.3 is 0 Å². The Kier molecular flexibility index (Phi) is 8.70. The molecule has 0 radical (unpaired) electrons. The molecule has 0 saturated heterocycles. The molecule has 2 N–H and O–H groups in total. The third-order valence-corrected chi connectivity index (χ3v) is 4.96. The predicted octanol–water partition coefficient (Wildman–Crippen LogP) is 2.41. The van der Waals surface area contributed by atoms with Crippen molar-refractivity contribution in [3.8, 4) is 0 Å². The number of rotatable bonds is 9. The topological polar surface area (TPSA) is 41.1 Å². The Morgan fingerprint density at radius 2 is 1.88 bits per heavy atom. The lowest BCUT2D eigenvalue weighted by Crippen LogP contribution is -2.41. The number of hydrogen-bond acceptors (Lipinski definition) is 3. The van der Waals surface area contributed by atoms with Crippen molar-refractivity contribution in [2.45, 2.75) is 57.7 Å². The van der Waals surface area contributed by atoms with E-state index in [2.05, 4.69) is 37.7 Å². The van der Waals surface area contributed by atoms with E-state index in [4.69, 9.17) is 0 Å². The summed E-state index contributed by atoms with van der Waals surface area (Å²) in [6.07, 6.45) is 4.87. The number of amides is 1. The van der Waals surface area contributed by atoms with Crippen molar-refractivity contribution in [1.82, 2.24) is 10.6 Å². The molecule has 1 amide bonds. The standard InChI is InChI=1S/C13H28N2OS/c1-6-13(7-2,17-5)10-15-12(16)9-11(4)14-8-3/h11,14H,6-10H2,1-5H3,(H,15,16). The Morgan fingerprint density at radius 1 is 1.29 bits per heavy atom. The third-order valence-electron chi connectivity index (χ3n) is 3.37. The van der Waals surface area contributed by atoms with Crippen molar-refractivity contribution in [3.05, 3.63) is 0 Å². The summed E-state index contributed by atoms with van der Waals surface area (Å²) in [4.78, 5) is 11.8. The number of carbonyl (C=O) groups excluding carboxylic acids is 1. The lowest BCUT2D eigenvalue weighted by Gasteiger charge is -2.30. The summed E-state index contributed by atoms with van der Waals surface area (Å²) < 4.78 is 0.205. The highest BCUT2D eigenvalue weighted by Gasteiger charge is 2.25. The minimum absolute atomic E-state index is 0.152. The summed E-state index contributed by atoms with van der Waals surface area (Å²) >= 11 is 1.86. The lowest BCUT2D eigenvalue weighted by atomic mass is 10.0. The van der Waals surface area contributed by atoms with Gasteiger partial charge in [0.25, 0.3) is 0 Å². The molecule has 0 rings (SSSR count). The van der Waals surface area contributed by atoms with E-state index in [0.717, 1.165) is 25.9 Å². The Hall–Kier alpha value is -0.220. The molecule has 0 aromatic rings. The van der Waals surface area contributed by atoms with E-state index in [1.807, 2.05) is 18.7 Å². The number of hydrogen-bond donors (Lipinski definition) is 2. The molecule has 1 atom stereocenters. The van der Waals surface area contributed by atoms with Crippen molar-refractivity contribution in [2.75, 3.05) is 19.3 Å². The van der Waals surface area contributed by atoms with Crippen LogP contribution in [-0.2, 0) is 4.79 Å². The van der Waals surface area contributed by atoms with Gasteiger partial charge in [-0.15, -0.1) is 0 Å². The minimum Gasteiger partial charge on any atom is -0.355 e. The van der Waals surface area contributed by atoms with Crippen molar-refractivity contribution in [3.63, 3.8) is 0 Å². The maximum atomic E-state index is 11.8. The summed E-state index contributed by atoms with van der Waals surface area (Å²) in [6.45, 7) is 10.2. The van der Waals surface area contributed by atoms with E-state index in [9.17, 15) is 4.79 Å². The van der Waals surface area contributed by atoms with Crippen LogP contribution >= 0.6 is 11.8 Å². The SMILES string of the molecule is CCNC(C)CC(=O)NCC(CC)(CC)SC. The van der Waals surface area contributed by atoms with E-state index in [1.54, 1.807) is 0 Å². The molecule has 0 bridgehead atoms. The van der Waals surface area contributed by atoms with Crippen LogP contribution in [0.3, 0.4) is 0 Å². The van der Waals surface area contributed by atoms with E-state index < -0.39 is 0 Å². The van der Waals surface area contributed by atoms with Gasteiger partial charge < -0.3 is 10.6 Å². The molecule has 0 aliphatic rings. The van der Waals surface area contributed by atoms with Crippen LogP contribution in [0.15, 0.2) is 0 Å². The van der Waals surface area contributed by atoms with E-state index in [0.29, 0.717) is 6.42 Å². The fourth-order valence-corrected chi connectivity index (χ4v) is 2.69. The lowest BCUT2D eigenvalue weighted by molar-refractivity contribution is -0.121. The van der Waals surface area contributed by atoms with Gasteiger partial charge in [-0.3, -0.25) is 4.79 Å². The summed E-state index contributed by atoms with van der Waals surface area (Å²) in [5.41, 5.74) is 0. The van der Waals surface area contributed by atoms with Crippen LogP contribution in [0, 0.1) is 0 Å². The maximum absolute atomic E-state index is 11.8. The summed E-state index contributed by atoms with van der Waals surface area (Å²) in [7, 11) is 0. The summed E-state index contributed by atoms with van der Waals surface area (Å²) in [5, 5.41) is 6.32. The monoisotopic (exact) mass is 260 g/mol. The van der Waals surface area contributed by atoms with Gasteiger partial charge in [-0.1, -0.05) is 20.8 Å². The first-order valence-corrected chi connectivity index (χ1v) is 7.81. The average molecular weight is 260 g/mol. The van der Waals surface area contributed by atoms with Crippen LogP contribution in [-0.4, -0.2) is 36.0 Å². The molecule has 0 aromatic carbocycles. The van der Waals surface area contributed by atoms with Gasteiger partial charge in [-0.2, -0.15) is 11.8 Å². The number of nitrogens with one attached hydrogen (secondary N) is 2. The molecule has 0 aliphatic carbocycles. The van der Waals surface area contributed by atoms with Gasteiger partial charge in [0.05, 0.1) is 0 Å². The molecular formula is C13H28N2OS. The zero-order valence-electron chi connectivity index (χ0n) is 11.9. The predicted molar refractivity (Wildman–Crippen MR) is 77.6 cm³/mol. The van der Waals surface area contributed by atoms with Gasteiger partial charge in [0.15, 0.2) is 0 Å². The number of carbonyl (C=O) groups is 1. The molecule has 1 unspecified atom stereocenters. The van der Waals surface area contributed by atoms with Crippen LogP contribution in [0.25, 0.3) is 0 Å². The summed E-state index contributed by atoms with van der Waals surface area (Å²) in [6, 6.07) is 0.256. The first-order valence-electron chi connectivity index (χ1n) is 6.58. The maximum Gasteiger partial charge on any atom is 0.221 e. The van der Waals surface area contributed by atoms with Crippen LogP contribution in [0.2, 0.25) is 0 Å². The third kappa shape index (κ3) is 6.32. The molecule has 0 saturated carbocycles. The zero-order chi connectivity index (χ0) is 13.3. The van der Waals surface area contributed by atoms with Gasteiger partial charge in [-0.05, 0) is 32.6 Å². The highest BCUT2D eigenvalue weighted by Crippen LogP contribution is 2.29. The van der Waals surface area contributed by atoms with Crippen LogP contribution in [0.1, 0.15) is 47.0 Å². The Bertz CT molecular complexity index is 209. The molecule has 0 spiro atoms. The Balaban J connectivity index is 4.04. The zero-order valence-corrected chi connectivity index (χ0v) is 12.7. The van der Waals surface area contributed by atoms with E-state index in [1.165, 1.54) is 0 Å². The van der Waals surface area contributed by atoms with Gasteiger partial charge in [0.1, 0.15) is 0 Å². The van der Waals surface area contributed by atoms with Crippen molar-refractivity contribution in [1.29, 1.82) is 0 Å². The molecule has 102 valence electrons. The average Bonchev–Trinajstić information content (AvgIpc) is 2.32. The van der Waals surface area contributed by atoms with Gasteiger partial charge in [-0.25, -0.2) is 0 Å². The van der Waals surface area contributed by atoms with Crippen molar-refractivity contribution in [2.24, 2.45) is 0 Å². The Morgan fingerprint density at radius 3 is 2.29 bits per heavy atom. The molecule has 0 aliphatic heterocycles. The van der Waals surface area contributed by atoms with Crippen LogP contribution in [0.5, 0.6) is 0 Å². The quantitative estimate of drug-likeness (QED) is 0.669. The molecule has 4 heteroatoms. The van der Waals surface area contributed by atoms with Crippen molar-refractivity contribution >= 4 is 17.7 Å². The number of thioether (sulfide) groups is 1. The smallest absolute Gasteiger partial charge is 0.221 e. The normalized spacial score (nSPS) is 13.5. The molecule has 0 heterocycles. The highest BCUT2D eigenvalue weighted by molar-refractivity contribution is 8.00. The fourth-order valence-electron chi connectivity index (χ4n) is 1.89. The van der Waals surface area contributed by atoms with Crippen LogP contribution in [0.4, 0.5) is 0 Å². The van der Waals surface area contributed by atoms with Gasteiger partial charge in [0, 0.05) is 23.8 Å². The first-order chi connectivity index (χ1) is 8.03. The highest BCUT2D eigenvalue weighted by atomic mass is 32.2. The first kappa shape index (κ1) is 16.8. The Labute approximate surface area is 111 Å². The second kappa shape index (κ2) is 8.81. The minimum atomic E-state index is 0.152. The molecular weight excluding hydrogens is 232 g/mol. The largest absolute Gasteiger partial charge is 0.355 e. The van der Waals surface area contributed by atoms with Gasteiger partial charge in [0.2, 0.25) is 5.91 Å². The van der Waals surface area contributed by atoms with Crippen molar-refractivity contribution < 1.29 is 4.79 Å².